The molecule has 5 heteroatoms. The monoisotopic (exact) mass is 242 g/mol. The van der Waals surface area contributed by atoms with Gasteiger partial charge < -0.3 is 20.1 Å². The highest BCUT2D eigenvalue weighted by Crippen LogP contribution is 2.29. The van der Waals surface area contributed by atoms with Crippen LogP contribution in [0.5, 0.6) is 0 Å². The van der Waals surface area contributed by atoms with Crippen LogP contribution in [-0.2, 0) is 14.3 Å². The molecule has 1 rings (SSSR count). The van der Waals surface area contributed by atoms with Crippen LogP contribution in [0.4, 0.5) is 0 Å². The molecule has 0 spiro atoms. The second-order valence-corrected chi connectivity index (χ2v) is 4.57. The predicted molar refractivity (Wildman–Crippen MR) is 65.6 cm³/mol. The smallest absolute Gasteiger partial charge is 0.232 e. The third kappa shape index (κ3) is 3.06. The summed E-state index contributed by atoms with van der Waals surface area (Å²) in [6, 6.07) is -0.245. The van der Waals surface area contributed by atoms with Crippen LogP contribution in [0.1, 0.15) is 6.92 Å². The van der Waals surface area contributed by atoms with Crippen LogP contribution < -0.4 is 5.73 Å². The Morgan fingerprint density at radius 3 is 2.94 bits per heavy atom. The van der Waals surface area contributed by atoms with Crippen molar-refractivity contribution in [1.29, 1.82) is 0 Å². The Kier molecular flexibility index (Phi) is 5.11. The molecule has 0 aromatic rings. The van der Waals surface area contributed by atoms with E-state index in [1.165, 1.54) is 0 Å². The van der Waals surface area contributed by atoms with Gasteiger partial charge in [-0.25, -0.2) is 0 Å². The van der Waals surface area contributed by atoms with Crippen LogP contribution in [0.3, 0.4) is 0 Å². The molecule has 2 N–H and O–H groups in total. The summed E-state index contributed by atoms with van der Waals surface area (Å²) in [6.45, 7) is 7.90. The van der Waals surface area contributed by atoms with Crippen molar-refractivity contribution in [3.63, 3.8) is 0 Å². The molecule has 2 unspecified atom stereocenters. The zero-order chi connectivity index (χ0) is 12.9. The van der Waals surface area contributed by atoms with E-state index in [-0.39, 0.29) is 11.9 Å². The molecule has 1 aliphatic rings. The fraction of sp³-hybridized carbons (Fsp3) is 0.750. The first-order valence-corrected chi connectivity index (χ1v) is 5.78. The number of rotatable bonds is 6. The maximum atomic E-state index is 12.4. The zero-order valence-electron chi connectivity index (χ0n) is 10.6. The van der Waals surface area contributed by atoms with Crippen molar-refractivity contribution < 1.29 is 14.3 Å². The van der Waals surface area contributed by atoms with Gasteiger partial charge in [-0.15, -0.1) is 6.58 Å². The fourth-order valence-electron chi connectivity index (χ4n) is 1.90. The Hall–Kier alpha value is -0.910. The molecule has 98 valence electrons. The molecule has 17 heavy (non-hydrogen) atoms. The first kappa shape index (κ1) is 14.2. The SMILES string of the molecule is C=CCN(CCOC)C(=O)C1(C)COCC1N. The molecule has 1 saturated heterocycles. The van der Waals surface area contributed by atoms with Crippen molar-refractivity contribution in [3.05, 3.63) is 12.7 Å². The van der Waals surface area contributed by atoms with Gasteiger partial charge in [0.25, 0.3) is 0 Å². The minimum Gasteiger partial charge on any atom is -0.383 e. The molecule has 5 nitrogen and oxygen atoms in total. The zero-order valence-corrected chi connectivity index (χ0v) is 10.6. The summed E-state index contributed by atoms with van der Waals surface area (Å²) in [6.07, 6.45) is 1.71. The lowest BCUT2D eigenvalue weighted by atomic mass is 9.84. The second-order valence-electron chi connectivity index (χ2n) is 4.57. The number of amides is 1. The molecule has 1 heterocycles. The van der Waals surface area contributed by atoms with E-state index < -0.39 is 5.41 Å². The summed E-state index contributed by atoms with van der Waals surface area (Å²) in [7, 11) is 1.61. The molecule has 0 aliphatic carbocycles. The van der Waals surface area contributed by atoms with E-state index in [2.05, 4.69) is 6.58 Å². The summed E-state index contributed by atoms with van der Waals surface area (Å²) >= 11 is 0. The van der Waals surface area contributed by atoms with E-state index >= 15 is 0 Å². The lowest BCUT2D eigenvalue weighted by molar-refractivity contribution is -0.141. The molecular formula is C12H22N2O3. The number of nitrogens with zero attached hydrogens (tertiary/aromatic N) is 1. The Morgan fingerprint density at radius 1 is 1.76 bits per heavy atom. The third-order valence-electron chi connectivity index (χ3n) is 3.21. The van der Waals surface area contributed by atoms with Gasteiger partial charge >= 0.3 is 0 Å². The van der Waals surface area contributed by atoms with Crippen molar-refractivity contribution in [2.75, 3.05) is 40.0 Å². The largest absolute Gasteiger partial charge is 0.383 e. The van der Waals surface area contributed by atoms with E-state index in [0.717, 1.165) is 0 Å². The van der Waals surface area contributed by atoms with Crippen LogP contribution >= 0.6 is 0 Å². The van der Waals surface area contributed by atoms with Gasteiger partial charge in [-0.05, 0) is 6.92 Å². The van der Waals surface area contributed by atoms with Gasteiger partial charge in [0, 0.05) is 26.2 Å². The molecule has 2 atom stereocenters. The Morgan fingerprint density at radius 2 is 2.47 bits per heavy atom. The maximum Gasteiger partial charge on any atom is 0.232 e. The van der Waals surface area contributed by atoms with Gasteiger partial charge in [0.2, 0.25) is 5.91 Å². The highest BCUT2D eigenvalue weighted by molar-refractivity contribution is 5.83. The molecule has 0 radical (unpaired) electrons. The van der Waals surface area contributed by atoms with Crippen LogP contribution in [-0.4, -0.2) is 56.9 Å². The summed E-state index contributed by atoms with van der Waals surface area (Å²) in [4.78, 5) is 14.1. The first-order valence-electron chi connectivity index (χ1n) is 5.78. The molecule has 0 saturated carbocycles. The second kappa shape index (κ2) is 6.14. The van der Waals surface area contributed by atoms with E-state index in [0.29, 0.717) is 32.9 Å². The highest BCUT2D eigenvalue weighted by atomic mass is 16.5. The average Bonchev–Trinajstić information content (AvgIpc) is 2.65. The van der Waals surface area contributed by atoms with Crippen LogP contribution in [0, 0.1) is 5.41 Å². The quantitative estimate of drug-likeness (QED) is 0.666. The van der Waals surface area contributed by atoms with Gasteiger partial charge in [0.15, 0.2) is 0 Å². The topological polar surface area (TPSA) is 64.8 Å². The Bertz CT molecular complexity index is 283. The highest BCUT2D eigenvalue weighted by Gasteiger charge is 2.46. The van der Waals surface area contributed by atoms with Gasteiger partial charge in [-0.3, -0.25) is 4.79 Å². The van der Waals surface area contributed by atoms with E-state index in [4.69, 9.17) is 15.2 Å². The minimum atomic E-state index is -0.628. The molecule has 0 aromatic carbocycles. The Balaban J connectivity index is 2.72. The third-order valence-corrected chi connectivity index (χ3v) is 3.21. The van der Waals surface area contributed by atoms with Gasteiger partial charge in [0.1, 0.15) is 0 Å². The summed E-state index contributed by atoms with van der Waals surface area (Å²) in [5.74, 6) is 0.0134. The van der Waals surface area contributed by atoms with E-state index in [9.17, 15) is 4.79 Å². The number of carbonyl (C=O) groups excluding carboxylic acids is 1. The number of ether oxygens (including phenoxy) is 2. The standard InChI is InChI=1S/C12H22N2O3/c1-4-5-14(6-7-16-3)11(15)12(2)9-17-8-10(12)13/h4,10H,1,5-9,13H2,2-3H3. The Labute approximate surface area is 103 Å². The maximum absolute atomic E-state index is 12.4. The fourth-order valence-corrected chi connectivity index (χ4v) is 1.90. The van der Waals surface area contributed by atoms with Crippen molar-refractivity contribution >= 4 is 5.91 Å². The van der Waals surface area contributed by atoms with Gasteiger partial charge in [0.05, 0.1) is 25.2 Å². The van der Waals surface area contributed by atoms with Gasteiger partial charge in [-0.1, -0.05) is 6.08 Å². The van der Waals surface area contributed by atoms with Crippen molar-refractivity contribution in [2.24, 2.45) is 11.1 Å². The van der Waals surface area contributed by atoms with Crippen molar-refractivity contribution in [1.82, 2.24) is 4.90 Å². The lowest BCUT2D eigenvalue weighted by Gasteiger charge is -2.32. The summed E-state index contributed by atoms with van der Waals surface area (Å²) < 4.78 is 10.3. The van der Waals surface area contributed by atoms with E-state index in [1.54, 1.807) is 18.1 Å². The van der Waals surface area contributed by atoms with Crippen LogP contribution in [0.15, 0.2) is 12.7 Å². The number of nitrogens with two attached hydrogens (primary N) is 1. The molecular weight excluding hydrogens is 220 g/mol. The number of hydrogen-bond donors (Lipinski definition) is 1. The van der Waals surface area contributed by atoms with Crippen molar-refractivity contribution in [3.8, 4) is 0 Å². The summed E-state index contributed by atoms with van der Waals surface area (Å²) in [5, 5.41) is 0. The first-order chi connectivity index (χ1) is 8.06. The van der Waals surface area contributed by atoms with Crippen LogP contribution in [0.2, 0.25) is 0 Å². The number of methoxy groups -OCH3 is 1. The minimum absolute atomic E-state index is 0.0134. The summed E-state index contributed by atoms with van der Waals surface area (Å²) in [5.41, 5.74) is 5.32. The van der Waals surface area contributed by atoms with E-state index in [1.807, 2.05) is 6.92 Å². The molecule has 1 aliphatic heterocycles. The van der Waals surface area contributed by atoms with Crippen LogP contribution in [0.25, 0.3) is 0 Å². The normalized spacial score (nSPS) is 28.1. The number of carbonyl (C=O) groups is 1. The molecule has 0 bridgehead atoms. The average molecular weight is 242 g/mol. The van der Waals surface area contributed by atoms with Crippen molar-refractivity contribution in [2.45, 2.75) is 13.0 Å². The van der Waals surface area contributed by atoms with Gasteiger partial charge in [-0.2, -0.15) is 0 Å². The number of hydrogen-bond acceptors (Lipinski definition) is 4. The molecule has 0 aromatic heterocycles. The molecule has 1 amide bonds. The predicted octanol–water partition coefficient (Wildman–Crippen LogP) is 0.0112. The molecule has 1 fully saturated rings. The lowest BCUT2D eigenvalue weighted by Crippen LogP contribution is -2.52.